The molecule has 0 saturated carbocycles. The van der Waals surface area contributed by atoms with E-state index in [0.717, 1.165) is 23.4 Å². The lowest BCUT2D eigenvalue weighted by Crippen LogP contribution is -2.38. The number of nitrogens with one attached hydrogen (secondary N) is 2. The molecule has 1 aromatic carbocycles. The number of sulfone groups is 1. The van der Waals surface area contributed by atoms with Crippen molar-refractivity contribution in [1.82, 2.24) is 15.6 Å². The van der Waals surface area contributed by atoms with E-state index in [0.29, 0.717) is 30.2 Å². The maximum Gasteiger partial charge on any atom is 0.191 e. The van der Waals surface area contributed by atoms with Crippen LogP contribution in [0, 0.1) is 19.7 Å². The van der Waals surface area contributed by atoms with Crippen LogP contribution in [0.2, 0.25) is 0 Å². The molecule has 0 aliphatic heterocycles. The van der Waals surface area contributed by atoms with Gasteiger partial charge in [0.25, 0.3) is 0 Å². The third-order valence-electron chi connectivity index (χ3n) is 3.98. The number of nitrogens with zero attached hydrogens (tertiary/aromatic N) is 2. The summed E-state index contributed by atoms with van der Waals surface area (Å²) in [4.78, 5) is 10.2. The van der Waals surface area contributed by atoms with Crippen LogP contribution in [-0.4, -0.2) is 38.7 Å². The molecule has 0 aliphatic carbocycles. The SMILES string of the molecule is CCNC(=NCc1cc(F)ccc1CS(C)(=O)=O)NCCc1sc(C)nc1C. The molecule has 9 heteroatoms. The summed E-state index contributed by atoms with van der Waals surface area (Å²) < 4.78 is 36.9. The first-order valence-electron chi connectivity index (χ1n) is 9.08. The number of thiazole rings is 1. The standard InChI is InChI=1S/C19H27FN4O2S2/c1-5-21-19(22-9-8-18-13(2)24-14(3)27-18)23-11-16-10-17(20)7-6-15(16)12-28(4,25)26/h6-7,10H,5,8-9,11-12H2,1-4H3,(H2,21,22,23). The van der Waals surface area contributed by atoms with E-state index in [9.17, 15) is 12.8 Å². The maximum absolute atomic E-state index is 13.6. The van der Waals surface area contributed by atoms with Crippen LogP contribution in [0.1, 0.15) is 33.6 Å². The number of hydrogen-bond acceptors (Lipinski definition) is 5. The lowest BCUT2D eigenvalue weighted by atomic mass is 10.1. The number of halogens is 1. The van der Waals surface area contributed by atoms with Gasteiger partial charge in [0.15, 0.2) is 15.8 Å². The van der Waals surface area contributed by atoms with Crippen molar-refractivity contribution in [3.63, 3.8) is 0 Å². The Morgan fingerprint density at radius 3 is 2.61 bits per heavy atom. The second kappa shape index (κ2) is 9.97. The third kappa shape index (κ3) is 7.20. The van der Waals surface area contributed by atoms with E-state index in [1.807, 2.05) is 20.8 Å². The normalized spacial score (nSPS) is 12.2. The highest BCUT2D eigenvalue weighted by atomic mass is 32.2. The predicted molar refractivity (Wildman–Crippen MR) is 113 cm³/mol. The van der Waals surface area contributed by atoms with Gasteiger partial charge < -0.3 is 10.6 Å². The Balaban J connectivity index is 2.07. The van der Waals surface area contributed by atoms with Gasteiger partial charge in [-0.3, -0.25) is 0 Å². The van der Waals surface area contributed by atoms with Gasteiger partial charge in [-0.15, -0.1) is 11.3 Å². The Bertz CT molecular complexity index is 939. The molecule has 0 amide bonds. The van der Waals surface area contributed by atoms with Crippen LogP contribution in [0.3, 0.4) is 0 Å². The Morgan fingerprint density at radius 2 is 2.00 bits per heavy atom. The minimum atomic E-state index is -3.22. The molecular formula is C19H27FN4O2S2. The molecule has 2 N–H and O–H groups in total. The second-order valence-electron chi connectivity index (χ2n) is 6.60. The zero-order chi connectivity index (χ0) is 20.7. The maximum atomic E-state index is 13.6. The van der Waals surface area contributed by atoms with Crippen LogP contribution < -0.4 is 10.6 Å². The molecule has 0 radical (unpaired) electrons. The fourth-order valence-corrected chi connectivity index (χ4v) is 4.55. The molecule has 0 aliphatic rings. The van der Waals surface area contributed by atoms with Gasteiger partial charge in [-0.2, -0.15) is 0 Å². The zero-order valence-corrected chi connectivity index (χ0v) is 18.3. The van der Waals surface area contributed by atoms with Crippen LogP contribution >= 0.6 is 11.3 Å². The first-order valence-corrected chi connectivity index (χ1v) is 12.0. The summed E-state index contributed by atoms with van der Waals surface area (Å²) in [5, 5.41) is 7.47. The Labute approximate surface area is 170 Å². The van der Waals surface area contributed by atoms with Gasteiger partial charge in [0.1, 0.15) is 5.82 Å². The number of aromatic nitrogens is 1. The molecule has 28 heavy (non-hydrogen) atoms. The van der Waals surface area contributed by atoms with Crippen molar-refractivity contribution < 1.29 is 12.8 Å². The van der Waals surface area contributed by atoms with Gasteiger partial charge in [-0.25, -0.2) is 22.8 Å². The molecule has 2 aromatic rings. The highest BCUT2D eigenvalue weighted by Gasteiger charge is 2.11. The molecule has 0 spiro atoms. The monoisotopic (exact) mass is 426 g/mol. The molecule has 1 aromatic heterocycles. The highest BCUT2D eigenvalue weighted by Crippen LogP contribution is 2.17. The number of rotatable bonds is 8. The van der Waals surface area contributed by atoms with Crippen molar-refractivity contribution in [2.45, 2.75) is 39.5 Å². The minimum absolute atomic E-state index is 0.133. The summed E-state index contributed by atoms with van der Waals surface area (Å²) in [6.07, 6.45) is 2.00. The van der Waals surface area contributed by atoms with Crippen LogP contribution in [0.4, 0.5) is 4.39 Å². The molecule has 0 bridgehead atoms. The van der Waals surface area contributed by atoms with Crippen LogP contribution in [0.5, 0.6) is 0 Å². The summed E-state index contributed by atoms with van der Waals surface area (Å²) >= 11 is 1.69. The van der Waals surface area contributed by atoms with E-state index in [1.54, 1.807) is 11.3 Å². The largest absolute Gasteiger partial charge is 0.357 e. The van der Waals surface area contributed by atoms with Gasteiger partial charge in [0.05, 0.1) is 23.0 Å². The van der Waals surface area contributed by atoms with Gasteiger partial charge in [-0.1, -0.05) is 6.07 Å². The first-order chi connectivity index (χ1) is 13.2. The number of aliphatic imine (C=N–C) groups is 1. The van der Waals surface area contributed by atoms with Crippen LogP contribution in [0.15, 0.2) is 23.2 Å². The lowest BCUT2D eigenvalue weighted by molar-refractivity contribution is 0.600. The predicted octanol–water partition coefficient (Wildman–Crippen LogP) is 2.74. The summed E-state index contributed by atoms with van der Waals surface area (Å²) in [5.74, 6) is 0.0685. The van der Waals surface area contributed by atoms with Crippen molar-refractivity contribution in [3.05, 3.63) is 50.7 Å². The smallest absolute Gasteiger partial charge is 0.191 e. The summed E-state index contributed by atoms with van der Waals surface area (Å²) in [6, 6.07) is 4.13. The van der Waals surface area contributed by atoms with E-state index in [4.69, 9.17) is 0 Å². The molecule has 6 nitrogen and oxygen atoms in total. The Kier molecular flexibility index (Phi) is 7.94. The van der Waals surface area contributed by atoms with Gasteiger partial charge in [-0.05, 0) is 44.0 Å². The quantitative estimate of drug-likeness (QED) is 0.501. The van der Waals surface area contributed by atoms with Crippen LogP contribution in [-0.2, 0) is 28.6 Å². The van der Waals surface area contributed by atoms with E-state index in [1.165, 1.54) is 23.1 Å². The fourth-order valence-electron chi connectivity index (χ4n) is 2.77. The molecule has 1 heterocycles. The summed E-state index contributed by atoms with van der Waals surface area (Å²) in [5.41, 5.74) is 2.19. The first kappa shape index (κ1) is 22.3. The average Bonchev–Trinajstić information content (AvgIpc) is 2.91. The summed E-state index contributed by atoms with van der Waals surface area (Å²) in [7, 11) is -3.22. The van der Waals surface area contributed by atoms with Crippen molar-refractivity contribution >= 4 is 27.1 Å². The van der Waals surface area contributed by atoms with Gasteiger partial charge in [0, 0.05) is 30.6 Å². The zero-order valence-electron chi connectivity index (χ0n) is 16.7. The van der Waals surface area contributed by atoms with E-state index in [-0.39, 0.29) is 12.3 Å². The van der Waals surface area contributed by atoms with Crippen molar-refractivity contribution in [2.75, 3.05) is 19.3 Å². The topological polar surface area (TPSA) is 83.5 Å². The van der Waals surface area contributed by atoms with Crippen molar-refractivity contribution in [3.8, 4) is 0 Å². The van der Waals surface area contributed by atoms with E-state index in [2.05, 4.69) is 20.6 Å². The summed E-state index contributed by atoms with van der Waals surface area (Å²) in [6.45, 7) is 7.53. The second-order valence-corrected chi connectivity index (χ2v) is 10.0. The highest BCUT2D eigenvalue weighted by molar-refractivity contribution is 7.89. The van der Waals surface area contributed by atoms with E-state index < -0.39 is 15.7 Å². The molecular weight excluding hydrogens is 399 g/mol. The molecule has 0 atom stereocenters. The average molecular weight is 427 g/mol. The number of benzene rings is 1. The Hall–Kier alpha value is -2.00. The Morgan fingerprint density at radius 1 is 1.25 bits per heavy atom. The molecule has 0 saturated heterocycles. The van der Waals surface area contributed by atoms with Crippen molar-refractivity contribution in [1.29, 1.82) is 0 Å². The number of hydrogen-bond donors (Lipinski definition) is 2. The molecule has 154 valence electrons. The molecule has 2 rings (SSSR count). The number of aryl methyl sites for hydroxylation is 2. The van der Waals surface area contributed by atoms with Gasteiger partial charge in [0.2, 0.25) is 0 Å². The minimum Gasteiger partial charge on any atom is -0.357 e. The lowest BCUT2D eigenvalue weighted by Gasteiger charge is -2.12. The van der Waals surface area contributed by atoms with Crippen LogP contribution in [0.25, 0.3) is 0 Å². The molecule has 0 unspecified atom stereocenters. The van der Waals surface area contributed by atoms with E-state index >= 15 is 0 Å². The van der Waals surface area contributed by atoms with Crippen molar-refractivity contribution in [2.24, 2.45) is 4.99 Å². The fraction of sp³-hybridized carbons (Fsp3) is 0.474. The number of guanidine groups is 1. The molecule has 0 fully saturated rings. The third-order valence-corrected chi connectivity index (χ3v) is 5.95. The van der Waals surface area contributed by atoms with Gasteiger partial charge >= 0.3 is 0 Å².